The number of hydrogen-bond donors (Lipinski definition) is 2. The van der Waals surface area contributed by atoms with Gasteiger partial charge in [0.05, 0.1) is 23.3 Å². The summed E-state index contributed by atoms with van der Waals surface area (Å²) in [6, 6.07) is 15.2. The number of benzene rings is 1. The van der Waals surface area contributed by atoms with Crippen LogP contribution >= 0.6 is 0 Å². The third-order valence-electron chi connectivity index (χ3n) is 9.03. The van der Waals surface area contributed by atoms with Crippen molar-refractivity contribution in [2.75, 3.05) is 43.8 Å². The smallest absolute Gasteiger partial charge is 0.248 e. The van der Waals surface area contributed by atoms with E-state index in [0.717, 1.165) is 60.1 Å². The van der Waals surface area contributed by atoms with Crippen molar-refractivity contribution in [3.8, 4) is 17.1 Å². The predicted octanol–water partition coefficient (Wildman–Crippen LogP) is 4.90. The third-order valence-corrected chi connectivity index (χ3v) is 9.03. The number of nitrogens with two attached hydrogens (primary N) is 1. The van der Waals surface area contributed by atoms with E-state index in [0.29, 0.717) is 11.8 Å². The summed E-state index contributed by atoms with van der Waals surface area (Å²) in [6.07, 6.45) is 15.9. The summed E-state index contributed by atoms with van der Waals surface area (Å²) in [5, 5.41) is 16.8. The first-order chi connectivity index (χ1) is 21.2. The lowest BCUT2D eigenvalue weighted by atomic mass is 10.00. The van der Waals surface area contributed by atoms with Crippen LogP contribution in [-0.2, 0) is 12.8 Å². The highest BCUT2D eigenvalue weighted by atomic mass is 15.4. The Hall–Kier alpha value is -4.15. The van der Waals surface area contributed by atoms with E-state index < -0.39 is 0 Å². The number of pyridine rings is 1. The summed E-state index contributed by atoms with van der Waals surface area (Å²) in [5.41, 5.74) is 12.5. The SMILES string of the molecule is Nc1nc(Nc2ccc(/C=C/CN3CCC(N4CCCCC4)CC3)nc2)nn1-c1cc2c(nn1)-c1ccccc1CCC2. The molecule has 3 N–H and O–H groups in total. The summed E-state index contributed by atoms with van der Waals surface area (Å²) >= 11 is 0. The van der Waals surface area contributed by atoms with Gasteiger partial charge in [-0.2, -0.15) is 9.67 Å². The second-order valence-electron chi connectivity index (χ2n) is 11.9. The van der Waals surface area contributed by atoms with Crippen LogP contribution in [0.4, 0.5) is 17.6 Å². The fourth-order valence-electron chi connectivity index (χ4n) is 6.70. The molecule has 2 aliphatic heterocycles. The van der Waals surface area contributed by atoms with Gasteiger partial charge in [0.25, 0.3) is 0 Å². The Morgan fingerprint density at radius 2 is 1.74 bits per heavy atom. The molecule has 0 saturated carbocycles. The van der Waals surface area contributed by atoms with Gasteiger partial charge in [0.15, 0.2) is 5.82 Å². The second kappa shape index (κ2) is 12.6. The van der Waals surface area contributed by atoms with Gasteiger partial charge in [-0.15, -0.1) is 15.3 Å². The molecular formula is C33H40N10. The summed E-state index contributed by atoms with van der Waals surface area (Å²) in [7, 11) is 0. The maximum Gasteiger partial charge on any atom is 0.248 e. The van der Waals surface area contributed by atoms with E-state index in [4.69, 9.17) is 5.73 Å². The largest absolute Gasteiger partial charge is 0.368 e. The predicted molar refractivity (Wildman–Crippen MR) is 170 cm³/mol. The van der Waals surface area contributed by atoms with Crippen LogP contribution in [0, 0.1) is 0 Å². The average molecular weight is 577 g/mol. The molecule has 0 bridgehead atoms. The maximum atomic E-state index is 6.25. The number of piperidine rings is 2. The third kappa shape index (κ3) is 6.30. The lowest BCUT2D eigenvalue weighted by Crippen LogP contribution is -2.46. The van der Waals surface area contributed by atoms with Gasteiger partial charge in [0, 0.05) is 18.2 Å². The first-order valence-electron chi connectivity index (χ1n) is 15.7. The van der Waals surface area contributed by atoms with Crippen molar-refractivity contribution in [1.29, 1.82) is 0 Å². The highest BCUT2D eigenvalue weighted by Crippen LogP contribution is 2.31. The van der Waals surface area contributed by atoms with Gasteiger partial charge >= 0.3 is 0 Å². The molecule has 10 heteroatoms. The number of aromatic nitrogens is 6. The normalized spacial score (nSPS) is 18.3. The molecule has 10 nitrogen and oxygen atoms in total. The van der Waals surface area contributed by atoms with Crippen molar-refractivity contribution >= 4 is 23.7 Å². The van der Waals surface area contributed by atoms with Gasteiger partial charge in [0.1, 0.15) is 0 Å². The lowest BCUT2D eigenvalue weighted by Gasteiger charge is -2.40. The molecule has 0 atom stereocenters. The topological polar surface area (TPSA) is 114 Å². The fraction of sp³-hybridized carbons (Fsp3) is 0.424. The van der Waals surface area contributed by atoms with Gasteiger partial charge in [-0.1, -0.05) is 36.8 Å². The molecule has 2 fully saturated rings. The Balaban J connectivity index is 0.949. The van der Waals surface area contributed by atoms with Crippen molar-refractivity contribution in [2.45, 2.75) is 57.4 Å². The van der Waals surface area contributed by atoms with Crippen molar-refractivity contribution in [1.82, 2.24) is 39.7 Å². The van der Waals surface area contributed by atoms with Crippen LogP contribution in [-0.4, -0.2) is 78.5 Å². The maximum absolute atomic E-state index is 6.25. The number of rotatable bonds is 7. The van der Waals surface area contributed by atoms with Crippen molar-refractivity contribution in [2.24, 2.45) is 0 Å². The molecule has 4 aromatic rings. The van der Waals surface area contributed by atoms with Crippen LogP contribution in [0.3, 0.4) is 0 Å². The summed E-state index contributed by atoms with van der Waals surface area (Å²) in [4.78, 5) is 14.3. The van der Waals surface area contributed by atoms with Crippen LogP contribution in [0.25, 0.3) is 23.2 Å². The Bertz CT molecular complexity index is 1560. The number of likely N-dealkylation sites (tertiary alicyclic amines) is 2. The molecule has 1 aliphatic carbocycles. The highest BCUT2D eigenvalue weighted by Gasteiger charge is 2.25. The molecule has 1 aromatic carbocycles. The standard InChI is InChI=1S/C33H40N10/c34-32-37-33(40-43(32)30-22-25-10-6-9-24-8-2-3-12-29(24)31(25)39-38-30)36-27-14-13-26(35-23-27)11-7-17-41-20-15-28(16-21-41)42-18-4-1-5-19-42/h2-3,7-8,11-14,22-23,28H,1,4-6,9-10,15-21H2,(H3,34,36,37,40)/b11-7+. The second-order valence-corrected chi connectivity index (χ2v) is 11.9. The minimum atomic E-state index is 0.248. The quantitative estimate of drug-likeness (QED) is 0.317. The zero-order valence-electron chi connectivity index (χ0n) is 24.7. The molecular weight excluding hydrogens is 536 g/mol. The number of nitrogen functional groups attached to an aromatic ring is 1. The highest BCUT2D eigenvalue weighted by molar-refractivity contribution is 5.68. The number of hydrogen-bond acceptors (Lipinski definition) is 9. The minimum absolute atomic E-state index is 0.248. The van der Waals surface area contributed by atoms with E-state index in [1.165, 1.54) is 68.5 Å². The van der Waals surface area contributed by atoms with Gasteiger partial charge < -0.3 is 16.0 Å². The summed E-state index contributed by atoms with van der Waals surface area (Å²) < 4.78 is 1.53. The molecule has 222 valence electrons. The van der Waals surface area contributed by atoms with E-state index in [1.807, 2.05) is 18.2 Å². The van der Waals surface area contributed by atoms with Gasteiger partial charge in [0.2, 0.25) is 11.9 Å². The van der Waals surface area contributed by atoms with Crippen LogP contribution in [0.15, 0.2) is 54.7 Å². The van der Waals surface area contributed by atoms with E-state index in [-0.39, 0.29) is 5.95 Å². The number of nitrogens with one attached hydrogen (secondary N) is 1. The molecule has 7 rings (SSSR count). The summed E-state index contributed by atoms with van der Waals surface area (Å²) in [5.74, 6) is 1.20. The zero-order valence-corrected chi connectivity index (χ0v) is 24.7. The Morgan fingerprint density at radius 3 is 2.58 bits per heavy atom. The molecule has 3 aliphatic rings. The van der Waals surface area contributed by atoms with Crippen LogP contribution < -0.4 is 11.1 Å². The molecule has 2 saturated heterocycles. The number of anilines is 3. The number of fused-ring (bicyclic) bond motifs is 3. The molecule has 0 spiro atoms. The number of nitrogens with zero attached hydrogens (tertiary/aromatic N) is 8. The Morgan fingerprint density at radius 1 is 0.907 bits per heavy atom. The van der Waals surface area contributed by atoms with Crippen LogP contribution in [0.5, 0.6) is 0 Å². The zero-order chi connectivity index (χ0) is 29.0. The number of aryl methyl sites for hydroxylation is 2. The Kier molecular flexibility index (Phi) is 8.11. The average Bonchev–Trinajstić information content (AvgIpc) is 3.31. The van der Waals surface area contributed by atoms with Crippen molar-refractivity contribution in [3.05, 3.63) is 71.6 Å². The van der Waals surface area contributed by atoms with Crippen molar-refractivity contribution in [3.63, 3.8) is 0 Å². The first kappa shape index (κ1) is 27.7. The van der Waals surface area contributed by atoms with Crippen LogP contribution in [0.2, 0.25) is 0 Å². The fourth-order valence-corrected chi connectivity index (χ4v) is 6.70. The monoisotopic (exact) mass is 576 g/mol. The molecule has 43 heavy (non-hydrogen) atoms. The molecule has 0 radical (unpaired) electrons. The summed E-state index contributed by atoms with van der Waals surface area (Å²) in [6.45, 7) is 5.91. The molecule has 0 amide bonds. The molecule has 3 aromatic heterocycles. The minimum Gasteiger partial charge on any atom is -0.368 e. The van der Waals surface area contributed by atoms with Crippen molar-refractivity contribution < 1.29 is 0 Å². The van der Waals surface area contributed by atoms with Gasteiger partial charge in [-0.05, 0) is 107 Å². The van der Waals surface area contributed by atoms with Gasteiger partial charge in [-0.25, -0.2) is 0 Å². The Labute approximate surface area is 253 Å². The van der Waals surface area contributed by atoms with E-state index >= 15 is 0 Å². The molecule has 5 heterocycles. The van der Waals surface area contributed by atoms with E-state index in [1.54, 1.807) is 6.20 Å². The first-order valence-corrected chi connectivity index (χ1v) is 15.7. The van der Waals surface area contributed by atoms with Gasteiger partial charge in [-0.3, -0.25) is 9.88 Å². The lowest BCUT2D eigenvalue weighted by molar-refractivity contribution is 0.0975. The van der Waals surface area contributed by atoms with E-state index in [2.05, 4.69) is 76.8 Å². The van der Waals surface area contributed by atoms with E-state index in [9.17, 15) is 0 Å². The van der Waals surface area contributed by atoms with Crippen LogP contribution in [0.1, 0.15) is 55.3 Å². The molecule has 0 unspecified atom stereocenters.